The van der Waals surface area contributed by atoms with E-state index < -0.39 is 0 Å². The molecule has 1 rings (SSSR count). The average Bonchev–Trinajstić information content (AvgIpc) is 2.29. The maximum absolute atomic E-state index is 11.4. The quantitative estimate of drug-likeness (QED) is 0.722. The summed E-state index contributed by atoms with van der Waals surface area (Å²) in [5, 5.41) is 5.38. The number of carbonyl (C=O) groups excluding carboxylic acids is 1. The normalized spacial score (nSPS) is 10.3. The fourth-order valence-electron chi connectivity index (χ4n) is 1.28. The van der Waals surface area contributed by atoms with Crippen LogP contribution in [-0.4, -0.2) is 48.1 Å². The van der Waals surface area contributed by atoms with Gasteiger partial charge in [-0.05, 0) is 33.5 Å². The number of unbranched alkanes of at least 4 members (excludes halogenated alkanes) is 1. The summed E-state index contributed by atoms with van der Waals surface area (Å²) in [6.45, 7) is 1.70. The van der Waals surface area contributed by atoms with Gasteiger partial charge < -0.3 is 10.2 Å². The summed E-state index contributed by atoms with van der Waals surface area (Å²) in [4.78, 5) is 21.3. The molecule has 1 heterocycles. The molecule has 0 aliphatic heterocycles. The van der Waals surface area contributed by atoms with Crippen molar-refractivity contribution in [3.63, 3.8) is 0 Å². The Labute approximate surface area is 101 Å². The van der Waals surface area contributed by atoms with E-state index in [2.05, 4.69) is 25.5 Å². The minimum atomic E-state index is -0.240. The summed E-state index contributed by atoms with van der Waals surface area (Å²) < 4.78 is 0. The van der Waals surface area contributed by atoms with Crippen molar-refractivity contribution in [2.75, 3.05) is 32.5 Å². The van der Waals surface area contributed by atoms with E-state index in [1.807, 2.05) is 14.1 Å². The summed E-state index contributed by atoms with van der Waals surface area (Å²) in [6.07, 6.45) is 6.63. The number of anilines is 1. The first-order valence-corrected chi connectivity index (χ1v) is 5.64. The SMILES string of the molecule is CN(C)CCCCNC(=O)Nc1cnccn1. The summed E-state index contributed by atoms with van der Waals surface area (Å²) in [5.74, 6) is 0.457. The van der Waals surface area contributed by atoms with E-state index in [1.54, 1.807) is 6.20 Å². The zero-order valence-electron chi connectivity index (χ0n) is 10.3. The summed E-state index contributed by atoms with van der Waals surface area (Å²) >= 11 is 0. The molecule has 94 valence electrons. The van der Waals surface area contributed by atoms with Crippen LogP contribution in [0.5, 0.6) is 0 Å². The molecule has 0 aliphatic carbocycles. The van der Waals surface area contributed by atoms with Crippen LogP contribution in [0, 0.1) is 0 Å². The Morgan fingerprint density at radius 3 is 2.82 bits per heavy atom. The number of aromatic nitrogens is 2. The molecule has 1 aromatic rings. The van der Waals surface area contributed by atoms with Crippen LogP contribution in [0.25, 0.3) is 0 Å². The van der Waals surface area contributed by atoms with Gasteiger partial charge >= 0.3 is 6.03 Å². The molecule has 0 atom stereocenters. The van der Waals surface area contributed by atoms with E-state index in [9.17, 15) is 4.79 Å². The van der Waals surface area contributed by atoms with E-state index in [0.29, 0.717) is 12.4 Å². The monoisotopic (exact) mass is 237 g/mol. The maximum atomic E-state index is 11.4. The molecule has 6 heteroatoms. The van der Waals surface area contributed by atoms with Crippen molar-refractivity contribution in [2.24, 2.45) is 0 Å². The molecular weight excluding hydrogens is 218 g/mol. The van der Waals surface area contributed by atoms with Gasteiger partial charge in [0.25, 0.3) is 0 Å². The fraction of sp³-hybridized carbons (Fsp3) is 0.545. The Hall–Kier alpha value is -1.69. The minimum Gasteiger partial charge on any atom is -0.338 e. The predicted octanol–water partition coefficient (Wildman–Crippen LogP) is 0.940. The minimum absolute atomic E-state index is 0.240. The van der Waals surface area contributed by atoms with Gasteiger partial charge in [0.15, 0.2) is 5.82 Å². The van der Waals surface area contributed by atoms with E-state index in [-0.39, 0.29) is 6.03 Å². The highest BCUT2D eigenvalue weighted by Gasteiger charge is 2.01. The second kappa shape index (κ2) is 7.56. The van der Waals surface area contributed by atoms with Crippen LogP contribution in [0.15, 0.2) is 18.6 Å². The lowest BCUT2D eigenvalue weighted by molar-refractivity contribution is 0.251. The van der Waals surface area contributed by atoms with Crippen LogP contribution in [0.2, 0.25) is 0 Å². The number of urea groups is 1. The Kier molecular flexibility index (Phi) is 5.95. The molecule has 0 saturated carbocycles. The number of carbonyl (C=O) groups is 1. The van der Waals surface area contributed by atoms with Crippen molar-refractivity contribution in [2.45, 2.75) is 12.8 Å². The molecule has 0 aromatic carbocycles. The maximum Gasteiger partial charge on any atom is 0.320 e. The Bertz CT molecular complexity index is 328. The predicted molar refractivity (Wildman–Crippen MR) is 66.8 cm³/mol. The third-order valence-electron chi connectivity index (χ3n) is 2.12. The first-order chi connectivity index (χ1) is 8.18. The van der Waals surface area contributed by atoms with E-state index in [0.717, 1.165) is 19.4 Å². The van der Waals surface area contributed by atoms with Gasteiger partial charge in [0.1, 0.15) is 0 Å². The lowest BCUT2D eigenvalue weighted by Gasteiger charge is -2.09. The van der Waals surface area contributed by atoms with Crippen molar-refractivity contribution in [1.82, 2.24) is 20.2 Å². The van der Waals surface area contributed by atoms with Crippen LogP contribution < -0.4 is 10.6 Å². The molecule has 6 nitrogen and oxygen atoms in total. The Balaban J connectivity index is 2.10. The largest absolute Gasteiger partial charge is 0.338 e. The van der Waals surface area contributed by atoms with Crippen molar-refractivity contribution >= 4 is 11.8 Å². The van der Waals surface area contributed by atoms with Gasteiger partial charge in [0, 0.05) is 18.9 Å². The molecular formula is C11H19N5O. The van der Waals surface area contributed by atoms with Crippen molar-refractivity contribution in [3.05, 3.63) is 18.6 Å². The van der Waals surface area contributed by atoms with E-state index in [4.69, 9.17) is 0 Å². The number of hydrogen-bond donors (Lipinski definition) is 2. The summed E-state index contributed by atoms with van der Waals surface area (Å²) in [5.41, 5.74) is 0. The van der Waals surface area contributed by atoms with Crippen LogP contribution in [0.1, 0.15) is 12.8 Å². The van der Waals surface area contributed by atoms with E-state index in [1.165, 1.54) is 12.4 Å². The van der Waals surface area contributed by atoms with E-state index >= 15 is 0 Å². The molecule has 17 heavy (non-hydrogen) atoms. The van der Waals surface area contributed by atoms with Gasteiger partial charge in [0.2, 0.25) is 0 Å². The molecule has 1 aromatic heterocycles. The number of hydrogen-bond acceptors (Lipinski definition) is 4. The smallest absolute Gasteiger partial charge is 0.320 e. The number of amides is 2. The van der Waals surface area contributed by atoms with Gasteiger partial charge in [-0.3, -0.25) is 10.3 Å². The zero-order valence-corrected chi connectivity index (χ0v) is 10.3. The van der Waals surface area contributed by atoms with Gasteiger partial charge in [-0.25, -0.2) is 9.78 Å². The van der Waals surface area contributed by atoms with Crippen LogP contribution in [0.3, 0.4) is 0 Å². The number of nitrogens with zero attached hydrogens (tertiary/aromatic N) is 3. The van der Waals surface area contributed by atoms with Crippen LogP contribution in [0.4, 0.5) is 10.6 Å². The second-order valence-corrected chi connectivity index (χ2v) is 3.98. The standard InChI is InChI=1S/C11H19N5O/c1-16(2)8-4-3-5-14-11(17)15-10-9-12-6-7-13-10/h6-7,9H,3-5,8H2,1-2H3,(H2,13,14,15,17). The molecule has 0 spiro atoms. The molecule has 0 fully saturated rings. The second-order valence-electron chi connectivity index (χ2n) is 3.98. The zero-order chi connectivity index (χ0) is 12.5. The summed E-state index contributed by atoms with van der Waals surface area (Å²) in [6, 6.07) is -0.240. The topological polar surface area (TPSA) is 70.2 Å². The van der Waals surface area contributed by atoms with Gasteiger partial charge in [-0.1, -0.05) is 0 Å². The highest BCUT2D eigenvalue weighted by Crippen LogP contribution is 1.96. The van der Waals surface area contributed by atoms with Crippen LogP contribution in [-0.2, 0) is 0 Å². The van der Waals surface area contributed by atoms with Gasteiger partial charge in [0.05, 0.1) is 6.20 Å². The third kappa shape index (κ3) is 6.47. The van der Waals surface area contributed by atoms with Gasteiger partial charge in [-0.2, -0.15) is 0 Å². The van der Waals surface area contributed by atoms with Crippen molar-refractivity contribution in [3.8, 4) is 0 Å². The first-order valence-electron chi connectivity index (χ1n) is 5.64. The molecule has 2 amide bonds. The fourth-order valence-corrected chi connectivity index (χ4v) is 1.28. The highest BCUT2D eigenvalue weighted by atomic mass is 16.2. The molecule has 0 radical (unpaired) electrons. The van der Waals surface area contributed by atoms with Crippen LogP contribution >= 0.6 is 0 Å². The van der Waals surface area contributed by atoms with Gasteiger partial charge in [-0.15, -0.1) is 0 Å². The first kappa shape index (κ1) is 13.4. The Morgan fingerprint density at radius 1 is 1.35 bits per heavy atom. The highest BCUT2D eigenvalue weighted by molar-refractivity contribution is 5.87. The molecule has 0 saturated heterocycles. The Morgan fingerprint density at radius 2 is 2.18 bits per heavy atom. The third-order valence-corrected chi connectivity index (χ3v) is 2.12. The molecule has 0 aliphatic rings. The average molecular weight is 237 g/mol. The molecule has 0 unspecified atom stereocenters. The molecule has 0 bridgehead atoms. The lowest BCUT2D eigenvalue weighted by Crippen LogP contribution is -2.30. The summed E-state index contributed by atoms with van der Waals surface area (Å²) in [7, 11) is 4.07. The van der Waals surface area contributed by atoms with Crippen molar-refractivity contribution in [1.29, 1.82) is 0 Å². The molecule has 2 N–H and O–H groups in total. The van der Waals surface area contributed by atoms with Crippen molar-refractivity contribution < 1.29 is 4.79 Å². The number of nitrogens with one attached hydrogen (secondary N) is 2. The lowest BCUT2D eigenvalue weighted by atomic mass is 10.3. The number of rotatable bonds is 6.